The summed E-state index contributed by atoms with van der Waals surface area (Å²) in [6.45, 7) is 2.60. The number of furan rings is 1. The lowest BCUT2D eigenvalue weighted by atomic mass is 10.2. The van der Waals surface area contributed by atoms with E-state index >= 15 is 0 Å². The first kappa shape index (κ1) is 16.1. The van der Waals surface area contributed by atoms with Gasteiger partial charge in [0.15, 0.2) is 0 Å². The van der Waals surface area contributed by atoms with E-state index in [0.717, 1.165) is 30.8 Å². The van der Waals surface area contributed by atoms with Crippen LogP contribution in [0.15, 0.2) is 47.1 Å². The summed E-state index contributed by atoms with van der Waals surface area (Å²) in [7, 11) is 0. The second-order valence-corrected chi connectivity index (χ2v) is 5.75. The van der Waals surface area contributed by atoms with Crippen molar-refractivity contribution in [3.8, 4) is 5.75 Å². The molecule has 0 bridgehead atoms. The lowest BCUT2D eigenvalue weighted by molar-refractivity contribution is 0.0679. The molecule has 1 aromatic carbocycles. The first-order valence-corrected chi connectivity index (χ1v) is 8.07. The molecule has 2 heterocycles. The van der Waals surface area contributed by atoms with E-state index in [4.69, 9.17) is 13.9 Å². The number of benzene rings is 1. The van der Waals surface area contributed by atoms with Crippen LogP contribution in [0.2, 0.25) is 0 Å². The van der Waals surface area contributed by atoms with Crippen LogP contribution in [0.1, 0.15) is 30.3 Å². The highest BCUT2D eigenvalue weighted by Crippen LogP contribution is 2.17. The van der Waals surface area contributed by atoms with Gasteiger partial charge >= 0.3 is 0 Å². The van der Waals surface area contributed by atoms with E-state index in [1.807, 2.05) is 24.3 Å². The van der Waals surface area contributed by atoms with Gasteiger partial charge in [0.2, 0.25) is 0 Å². The van der Waals surface area contributed by atoms with Crippen LogP contribution < -0.4 is 10.1 Å². The Kier molecular flexibility index (Phi) is 5.69. The first-order valence-electron chi connectivity index (χ1n) is 8.07. The zero-order valence-electron chi connectivity index (χ0n) is 13.1. The standard InChI is InChI=1S/C18H23NO4/c20-17(18-4-2-10-22-18)12-19-11-14-5-7-15(8-6-14)23-13-16-3-1-9-21-16/h2,4-8,10,16-17,19-20H,1,3,9,11-13H2. The minimum absolute atomic E-state index is 0.236. The van der Waals surface area contributed by atoms with Crippen LogP contribution >= 0.6 is 0 Å². The summed E-state index contributed by atoms with van der Waals surface area (Å²) >= 11 is 0. The van der Waals surface area contributed by atoms with Crippen molar-refractivity contribution in [2.45, 2.75) is 31.6 Å². The summed E-state index contributed by atoms with van der Waals surface area (Å²) in [4.78, 5) is 0. The third-order valence-corrected chi connectivity index (χ3v) is 3.92. The highest BCUT2D eigenvalue weighted by atomic mass is 16.5. The monoisotopic (exact) mass is 317 g/mol. The molecule has 2 atom stereocenters. The van der Waals surface area contributed by atoms with Crippen LogP contribution in [-0.2, 0) is 11.3 Å². The molecule has 1 aromatic heterocycles. The van der Waals surface area contributed by atoms with Crippen molar-refractivity contribution in [2.75, 3.05) is 19.8 Å². The molecular weight excluding hydrogens is 294 g/mol. The third kappa shape index (κ3) is 4.82. The predicted molar refractivity (Wildman–Crippen MR) is 86.3 cm³/mol. The second-order valence-electron chi connectivity index (χ2n) is 5.75. The molecule has 0 aliphatic carbocycles. The lowest BCUT2D eigenvalue weighted by Crippen LogP contribution is -2.20. The molecule has 3 rings (SSSR count). The number of hydrogen-bond donors (Lipinski definition) is 2. The van der Waals surface area contributed by atoms with Crippen molar-refractivity contribution in [3.63, 3.8) is 0 Å². The lowest BCUT2D eigenvalue weighted by Gasteiger charge is -2.12. The number of hydrogen-bond acceptors (Lipinski definition) is 5. The molecule has 0 radical (unpaired) electrons. The molecule has 2 aromatic rings. The zero-order valence-corrected chi connectivity index (χ0v) is 13.1. The van der Waals surface area contributed by atoms with Gasteiger partial charge < -0.3 is 24.3 Å². The van der Waals surface area contributed by atoms with Gasteiger partial charge in [0, 0.05) is 19.7 Å². The number of ether oxygens (including phenoxy) is 2. The molecule has 1 aliphatic rings. The smallest absolute Gasteiger partial charge is 0.133 e. The van der Waals surface area contributed by atoms with Crippen molar-refractivity contribution >= 4 is 0 Å². The highest BCUT2D eigenvalue weighted by Gasteiger charge is 2.15. The van der Waals surface area contributed by atoms with E-state index in [9.17, 15) is 5.11 Å². The van der Waals surface area contributed by atoms with Crippen molar-refractivity contribution in [3.05, 3.63) is 54.0 Å². The van der Waals surface area contributed by atoms with Gasteiger partial charge in [-0.2, -0.15) is 0 Å². The molecule has 1 aliphatic heterocycles. The van der Waals surface area contributed by atoms with E-state index in [-0.39, 0.29) is 6.10 Å². The molecule has 0 spiro atoms. The average Bonchev–Trinajstić information content (AvgIpc) is 3.27. The summed E-state index contributed by atoms with van der Waals surface area (Å²) in [6.07, 6.45) is 3.38. The van der Waals surface area contributed by atoms with Crippen molar-refractivity contribution in [2.24, 2.45) is 0 Å². The number of rotatable bonds is 8. The third-order valence-electron chi connectivity index (χ3n) is 3.92. The maximum absolute atomic E-state index is 9.92. The molecule has 2 N–H and O–H groups in total. The maximum atomic E-state index is 9.92. The van der Waals surface area contributed by atoms with Crippen molar-refractivity contribution in [1.29, 1.82) is 0 Å². The average molecular weight is 317 g/mol. The zero-order chi connectivity index (χ0) is 15.9. The summed E-state index contributed by atoms with van der Waals surface area (Å²) in [5.41, 5.74) is 1.14. The van der Waals surface area contributed by atoms with Gasteiger partial charge in [-0.05, 0) is 42.7 Å². The summed E-state index contributed by atoms with van der Waals surface area (Å²) in [5.74, 6) is 1.44. The maximum Gasteiger partial charge on any atom is 0.133 e. The topological polar surface area (TPSA) is 63.9 Å². The van der Waals surface area contributed by atoms with Gasteiger partial charge in [-0.3, -0.25) is 0 Å². The van der Waals surface area contributed by atoms with Gasteiger partial charge in [-0.25, -0.2) is 0 Å². The Labute approximate surface area is 136 Å². The first-order chi connectivity index (χ1) is 11.3. The van der Waals surface area contributed by atoms with Crippen LogP contribution in [0.25, 0.3) is 0 Å². The number of aliphatic hydroxyl groups excluding tert-OH is 1. The molecule has 1 saturated heterocycles. The van der Waals surface area contributed by atoms with Gasteiger partial charge in [0.1, 0.15) is 24.2 Å². The second kappa shape index (κ2) is 8.15. The van der Waals surface area contributed by atoms with Crippen LogP contribution in [-0.4, -0.2) is 31.0 Å². The summed E-state index contributed by atoms with van der Waals surface area (Å²) < 4.78 is 16.4. The Balaban J connectivity index is 1.38. The van der Waals surface area contributed by atoms with Gasteiger partial charge in [0.25, 0.3) is 0 Å². The van der Waals surface area contributed by atoms with Crippen LogP contribution in [0.3, 0.4) is 0 Å². The normalized spacial score (nSPS) is 18.9. The molecule has 0 amide bonds. The van der Waals surface area contributed by atoms with Crippen LogP contribution in [0, 0.1) is 0 Å². The summed E-state index contributed by atoms with van der Waals surface area (Å²) in [5, 5.41) is 13.1. The van der Waals surface area contributed by atoms with E-state index in [0.29, 0.717) is 25.5 Å². The molecule has 2 unspecified atom stereocenters. The number of aliphatic hydroxyl groups is 1. The molecule has 0 saturated carbocycles. The molecule has 5 nitrogen and oxygen atoms in total. The van der Waals surface area contributed by atoms with Gasteiger partial charge in [0.05, 0.1) is 12.4 Å². The number of nitrogens with one attached hydrogen (secondary N) is 1. The Morgan fingerprint density at radius 1 is 1.26 bits per heavy atom. The Hall–Kier alpha value is -1.82. The molecule has 5 heteroatoms. The Bertz CT molecular complexity index is 561. The van der Waals surface area contributed by atoms with Crippen LogP contribution in [0.4, 0.5) is 0 Å². The molecule has 124 valence electrons. The minimum atomic E-state index is -0.626. The van der Waals surface area contributed by atoms with E-state index < -0.39 is 6.10 Å². The van der Waals surface area contributed by atoms with E-state index in [1.165, 1.54) is 0 Å². The fourth-order valence-corrected chi connectivity index (χ4v) is 2.60. The van der Waals surface area contributed by atoms with Crippen molar-refractivity contribution < 1.29 is 19.0 Å². The summed E-state index contributed by atoms with van der Waals surface area (Å²) in [6, 6.07) is 11.5. The van der Waals surface area contributed by atoms with E-state index in [1.54, 1.807) is 18.4 Å². The fraction of sp³-hybridized carbons (Fsp3) is 0.444. The van der Waals surface area contributed by atoms with Gasteiger partial charge in [-0.1, -0.05) is 12.1 Å². The molecule has 23 heavy (non-hydrogen) atoms. The van der Waals surface area contributed by atoms with Crippen molar-refractivity contribution in [1.82, 2.24) is 5.32 Å². The Morgan fingerprint density at radius 2 is 2.13 bits per heavy atom. The largest absolute Gasteiger partial charge is 0.491 e. The quantitative estimate of drug-likeness (QED) is 0.784. The fourth-order valence-electron chi connectivity index (χ4n) is 2.60. The predicted octanol–water partition coefficient (Wildman–Crippen LogP) is 2.66. The molecular formula is C18H23NO4. The Morgan fingerprint density at radius 3 is 2.83 bits per heavy atom. The van der Waals surface area contributed by atoms with Crippen LogP contribution in [0.5, 0.6) is 5.75 Å². The van der Waals surface area contributed by atoms with E-state index in [2.05, 4.69) is 5.32 Å². The minimum Gasteiger partial charge on any atom is -0.491 e. The highest BCUT2D eigenvalue weighted by molar-refractivity contribution is 5.27. The SMILES string of the molecule is OC(CNCc1ccc(OCC2CCCO2)cc1)c1ccco1. The van der Waals surface area contributed by atoms with Gasteiger partial charge in [-0.15, -0.1) is 0 Å². The molecule has 1 fully saturated rings.